The Morgan fingerprint density at radius 1 is 0.792 bits per heavy atom. The van der Waals surface area contributed by atoms with Crippen molar-refractivity contribution >= 4 is 10.0 Å². The molecule has 0 aromatic carbocycles. The van der Waals surface area contributed by atoms with Crippen LogP contribution in [0, 0.1) is 0 Å². The average Bonchev–Trinajstić information content (AvgIpc) is 2.36. The van der Waals surface area contributed by atoms with Gasteiger partial charge in [0.1, 0.15) is 0 Å². The number of nitrogens with zero attached hydrogens (tertiary/aromatic N) is 1. The minimum atomic E-state index is -7.81. The Bertz CT molecular complexity index is 556. The number of hydrogen-bond donors (Lipinski definition) is 1. The third-order valence-corrected chi connectivity index (χ3v) is 4.57. The van der Waals surface area contributed by atoms with Gasteiger partial charge in [-0.15, -0.1) is 0 Å². The van der Waals surface area contributed by atoms with Crippen LogP contribution in [0.4, 0.5) is 48.3 Å². The van der Waals surface area contributed by atoms with Gasteiger partial charge in [0.05, 0.1) is 6.61 Å². The Hall–Kier alpha value is -0.900. The van der Waals surface area contributed by atoms with E-state index in [2.05, 4.69) is 0 Å². The molecule has 4 nitrogen and oxygen atoms in total. The molecule has 0 radical (unpaired) electrons. The summed E-state index contributed by atoms with van der Waals surface area (Å²) in [5.41, 5.74) is 0. The van der Waals surface area contributed by atoms with Gasteiger partial charge in [-0.05, 0) is 0 Å². The summed E-state index contributed by atoms with van der Waals surface area (Å²) in [7, 11) is -6.76. The van der Waals surface area contributed by atoms with Crippen molar-refractivity contribution in [3.8, 4) is 0 Å². The van der Waals surface area contributed by atoms with Crippen molar-refractivity contribution in [3.63, 3.8) is 0 Å². The minimum Gasteiger partial charge on any atom is -0.395 e. The van der Waals surface area contributed by atoms with Gasteiger partial charge in [0.15, 0.2) is 0 Å². The van der Waals surface area contributed by atoms with Gasteiger partial charge in [0.2, 0.25) is 0 Å². The van der Waals surface area contributed by atoms with E-state index in [1.807, 2.05) is 0 Å². The van der Waals surface area contributed by atoms with Crippen LogP contribution in [0.3, 0.4) is 0 Å². The Balaban J connectivity index is 6.31. The van der Waals surface area contributed by atoms with Crippen LogP contribution < -0.4 is 0 Å². The van der Waals surface area contributed by atoms with Crippen molar-refractivity contribution in [1.29, 1.82) is 0 Å². The van der Waals surface area contributed by atoms with E-state index in [9.17, 15) is 56.7 Å². The smallest absolute Gasteiger partial charge is 0.395 e. The maximum atomic E-state index is 13.3. The second kappa shape index (κ2) is 6.12. The van der Waals surface area contributed by atoms with E-state index in [0.29, 0.717) is 0 Å². The van der Waals surface area contributed by atoms with Gasteiger partial charge in [-0.25, -0.2) is 8.42 Å². The third-order valence-electron chi connectivity index (χ3n) is 2.66. The zero-order valence-electron chi connectivity index (χ0n) is 11.2. The van der Waals surface area contributed by atoms with Crippen LogP contribution in [0.15, 0.2) is 0 Å². The number of halogens is 11. The Morgan fingerprint density at radius 3 is 1.46 bits per heavy atom. The third kappa shape index (κ3) is 3.02. The summed E-state index contributed by atoms with van der Waals surface area (Å²) < 4.78 is 161. The summed E-state index contributed by atoms with van der Waals surface area (Å²) in [6.45, 7) is -2.62. The van der Waals surface area contributed by atoms with Gasteiger partial charge >= 0.3 is 29.2 Å². The molecule has 0 aliphatic rings. The fourth-order valence-electron chi connectivity index (χ4n) is 1.18. The number of alkyl halides is 11. The minimum absolute atomic E-state index is 0.0790. The largest absolute Gasteiger partial charge is 0.460 e. The molecule has 146 valence electrons. The van der Waals surface area contributed by atoms with Crippen molar-refractivity contribution < 1.29 is 61.8 Å². The van der Waals surface area contributed by atoms with Crippen molar-refractivity contribution in [2.24, 2.45) is 0 Å². The highest BCUT2D eigenvalue weighted by atomic mass is 32.2. The van der Waals surface area contributed by atoms with Gasteiger partial charge in [-0.1, -0.05) is 0 Å². The van der Waals surface area contributed by atoms with E-state index in [4.69, 9.17) is 5.11 Å². The fraction of sp³-hybridized carbons (Fsp3) is 1.00. The van der Waals surface area contributed by atoms with Crippen LogP contribution >= 0.6 is 0 Å². The Morgan fingerprint density at radius 2 is 1.17 bits per heavy atom. The van der Waals surface area contributed by atoms with Crippen molar-refractivity contribution in [2.45, 2.75) is 29.2 Å². The molecule has 0 saturated carbocycles. The topological polar surface area (TPSA) is 57.6 Å². The molecule has 0 aliphatic heterocycles. The lowest BCUT2D eigenvalue weighted by Crippen LogP contribution is -2.69. The Labute approximate surface area is 126 Å². The van der Waals surface area contributed by atoms with E-state index >= 15 is 0 Å². The molecule has 0 fully saturated rings. The van der Waals surface area contributed by atoms with Crippen LogP contribution in [0.5, 0.6) is 0 Å². The lowest BCUT2D eigenvalue weighted by atomic mass is 10.0. The normalized spacial score (nSPS) is 15.9. The molecule has 0 amide bonds. The quantitative estimate of drug-likeness (QED) is 0.660. The standard InChI is InChI=1S/C8H8F11NO3S/c1-20(2-3-21)24(22,23)8(18,19)6(13,14)4(9,10)5(11,12)7(15,16)17/h21H,2-3H2,1H3. The SMILES string of the molecule is CN(CCO)S(=O)(=O)C(F)(F)C(F)(F)C(F)(F)C(F)(F)C(F)(F)F. The number of rotatable bonds is 7. The van der Waals surface area contributed by atoms with Crippen LogP contribution in [0.25, 0.3) is 0 Å². The molecule has 0 aliphatic carbocycles. The maximum Gasteiger partial charge on any atom is 0.460 e. The first kappa shape index (κ1) is 23.1. The highest BCUT2D eigenvalue weighted by Crippen LogP contribution is 2.58. The van der Waals surface area contributed by atoms with Gasteiger partial charge < -0.3 is 5.11 Å². The van der Waals surface area contributed by atoms with Crippen LogP contribution in [-0.4, -0.2) is 67.2 Å². The number of sulfonamides is 1. The fourth-order valence-corrected chi connectivity index (χ4v) is 2.34. The summed E-state index contributed by atoms with van der Waals surface area (Å²) in [6.07, 6.45) is -7.38. The molecule has 0 bridgehead atoms. The first-order valence-electron chi connectivity index (χ1n) is 5.38. The predicted molar refractivity (Wildman–Crippen MR) is 54.5 cm³/mol. The number of likely N-dealkylation sites (N-methyl/N-ethyl adjacent to an activating group) is 1. The molecule has 0 aromatic heterocycles. The Kier molecular flexibility index (Phi) is 5.89. The van der Waals surface area contributed by atoms with Gasteiger partial charge in [0.25, 0.3) is 10.0 Å². The second-order valence-corrected chi connectivity index (χ2v) is 6.37. The second-order valence-electron chi connectivity index (χ2n) is 4.29. The predicted octanol–water partition coefficient (Wildman–Crippen LogP) is 2.30. The monoisotopic (exact) mass is 407 g/mol. The van der Waals surface area contributed by atoms with Gasteiger partial charge in [0, 0.05) is 13.6 Å². The number of hydrogen-bond acceptors (Lipinski definition) is 3. The van der Waals surface area contributed by atoms with E-state index in [1.165, 1.54) is 0 Å². The number of aliphatic hydroxyl groups is 1. The van der Waals surface area contributed by atoms with Crippen molar-refractivity contribution in [3.05, 3.63) is 0 Å². The molecule has 0 atom stereocenters. The molecule has 0 aromatic rings. The first-order chi connectivity index (χ1) is 10.2. The lowest BCUT2D eigenvalue weighted by molar-refractivity contribution is -0.413. The number of aliphatic hydroxyl groups excluding tert-OH is 1. The van der Waals surface area contributed by atoms with Crippen molar-refractivity contribution in [1.82, 2.24) is 4.31 Å². The summed E-state index contributed by atoms with van der Waals surface area (Å²) >= 11 is 0. The molecule has 0 saturated heterocycles. The van der Waals surface area contributed by atoms with E-state index in [-0.39, 0.29) is 7.05 Å². The van der Waals surface area contributed by atoms with Crippen LogP contribution in [0.2, 0.25) is 0 Å². The molecular formula is C8H8F11NO3S. The average molecular weight is 407 g/mol. The summed E-state index contributed by atoms with van der Waals surface area (Å²) in [6, 6.07) is 0. The highest BCUT2D eigenvalue weighted by Gasteiger charge is 2.89. The van der Waals surface area contributed by atoms with Crippen LogP contribution in [-0.2, 0) is 10.0 Å². The van der Waals surface area contributed by atoms with E-state index < -0.39 is 56.7 Å². The van der Waals surface area contributed by atoms with Gasteiger partial charge in [-0.2, -0.15) is 52.6 Å². The maximum absolute atomic E-state index is 13.3. The summed E-state index contributed by atoms with van der Waals surface area (Å²) in [5.74, 6) is -23.1. The zero-order valence-corrected chi connectivity index (χ0v) is 12.0. The highest BCUT2D eigenvalue weighted by molar-refractivity contribution is 7.90. The molecule has 16 heteroatoms. The molecule has 0 unspecified atom stereocenters. The van der Waals surface area contributed by atoms with Crippen LogP contribution in [0.1, 0.15) is 0 Å². The summed E-state index contributed by atoms with van der Waals surface area (Å²) in [5, 5.41) is 1.26. The first-order valence-corrected chi connectivity index (χ1v) is 6.82. The molecule has 0 spiro atoms. The molecule has 24 heavy (non-hydrogen) atoms. The van der Waals surface area contributed by atoms with E-state index in [1.54, 1.807) is 0 Å². The molecule has 1 N–H and O–H groups in total. The summed E-state index contributed by atoms with van der Waals surface area (Å²) in [4.78, 5) is 0. The molecule has 0 rings (SSSR count). The van der Waals surface area contributed by atoms with Gasteiger partial charge in [-0.3, -0.25) is 0 Å². The zero-order chi connectivity index (χ0) is 20.0. The van der Waals surface area contributed by atoms with E-state index in [0.717, 1.165) is 0 Å². The molecule has 0 heterocycles. The molecular weight excluding hydrogens is 399 g/mol. The van der Waals surface area contributed by atoms with Crippen molar-refractivity contribution in [2.75, 3.05) is 20.2 Å². The lowest BCUT2D eigenvalue weighted by Gasteiger charge is -2.37.